The zero-order chi connectivity index (χ0) is 18.0. The third-order valence-corrected chi connectivity index (χ3v) is 4.85. The van der Waals surface area contributed by atoms with Crippen molar-refractivity contribution in [3.8, 4) is 0 Å². The molecular formula is C22H25FN2. The fourth-order valence-electron chi connectivity index (χ4n) is 3.41. The molecule has 0 fully saturated rings. The number of halogens is 1. The minimum atomic E-state index is -0.158. The molecule has 3 heteroatoms. The van der Waals surface area contributed by atoms with Crippen LogP contribution in [0, 0.1) is 18.7 Å². The molecular weight excluding hydrogens is 311 g/mol. The summed E-state index contributed by atoms with van der Waals surface area (Å²) >= 11 is 0. The van der Waals surface area contributed by atoms with Crippen molar-refractivity contribution in [2.75, 3.05) is 12.4 Å². The minimum Gasteiger partial charge on any atom is -0.388 e. The molecule has 130 valence electrons. The van der Waals surface area contributed by atoms with Gasteiger partial charge in [-0.15, -0.1) is 0 Å². The summed E-state index contributed by atoms with van der Waals surface area (Å²) in [6.45, 7) is 4.51. The third-order valence-electron chi connectivity index (χ3n) is 4.85. The Balaban J connectivity index is 2.15. The van der Waals surface area contributed by atoms with Gasteiger partial charge in [0.2, 0.25) is 0 Å². The monoisotopic (exact) mass is 336 g/mol. The standard InChI is InChI=1S/C22H25FN2/c1-14-4-7-19(17-6-9-22(25-3)18(12-17)13-24)20(10-14)16-5-8-21(23)15(2)11-16/h4-9,11-12,14,25H,10,13,24H2,1-3H3. The number of hydrogen-bond donors (Lipinski definition) is 2. The number of anilines is 1. The zero-order valence-electron chi connectivity index (χ0n) is 15.1. The number of hydrogen-bond acceptors (Lipinski definition) is 2. The smallest absolute Gasteiger partial charge is 0.126 e. The molecule has 0 saturated heterocycles. The molecule has 0 radical (unpaired) electrons. The molecule has 2 nitrogen and oxygen atoms in total. The normalized spacial score (nSPS) is 17.1. The van der Waals surface area contributed by atoms with Crippen molar-refractivity contribution in [3.05, 3.63) is 76.6 Å². The first-order valence-electron chi connectivity index (χ1n) is 8.72. The molecule has 0 saturated carbocycles. The molecule has 0 heterocycles. The van der Waals surface area contributed by atoms with E-state index in [0.717, 1.165) is 28.8 Å². The van der Waals surface area contributed by atoms with E-state index < -0.39 is 0 Å². The minimum absolute atomic E-state index is 0.158. The van der Waals surface area contributed by atoms with E-state index >= 15 is 0 Å². The van der Waals surface area contributed by atoms with Crippen molar-refractivity contribution in [1.29, 1.82) is 0 Å². The largest absolute Gasteiger partial charge is 0.388 e. The van der Waals surface area contributed by atoms with Gasteiger partial charge in [-0.3, -0.25) is 0 Å². The van der Waals surface area contributed by atoms with Crippen LogP contribution >= 0.6 is 0 Å². The first kappa shape index (κ1) is 17.4. The maximum absolute atomic E-state index is 13.7. The predicted octanol–water partition coefficient (Wildman–Crippen LogP) is 5.14. The second-order valence-corrected chi connectivity index (χ2v) is 6.72. The Kier molecular flexibility index (Phi) is 5.05. The molecule has 0 bridgehead atoms. The molecule has 0 aromatic heterocycles. The first-order valence-corrected chi connectivity index (χ1v) is 8.72. The zero-order valence-corrected chi connectivity index (χ0v) is 15.1. The molecule has 25 heavy (non-hydrogen) atoms. The van der Waals surface area contributed by atoms with Crippen molar-refractivity contribution in [3.63, 3.8) is 0 Å². The lowest BCUT2D eigenvalue weighted by Gasteiger charge is -2.22. The maximum Gasteiger partial charge on any atom is 0.126 e. The van der Waals surface area contributed by atoms with Crippen LogP contribution in [0.3, 0.4) is 0 Å². The Morgan fingerprint density at radius 1 is 1.16 bits per heavy atom. The highest BCUT2D eigenvalue weighted by Gasteiger charge is 2.18. The lowest BCUT2D eigenvalue weighted by molar-refractivity contribution is 0.618. The van der Waals surface area contributed by atoms with Crippen molar-refractivity contribution >= 4 is 16.8 Å². The molecule has 0 aliphatic heterocycles. The second-order valence-electron chi connectivity index (χ2n) is 6.72. The topological polar surface area (TPSA) is 38.0 Å². The molecule has 2 aromatic carbocycles. The van der Waals surface area contributed by atoms with Gasteiger partial charge < -0.3 is 11.1 Å². The van der Waals surface area contributed by atoms with Gasteiger partial charge in [-0.2, -0.15) is 0 Å². The van der Waals surface area contributed by atoms with E-state index in [2.05, 4.69) is 42.6 Å². The van der Waals surface area contributed by atoms with Gasteiger partial charge in [-0.1, -0.05) is 31.2 Å². The van der Waals surface area contributed by atoms with Crippen LogP contribution in [0.4, 0.5) is 10.1 Å². The van der Waals surface area contributed by atoms with Gasteiger partial charge in [0, 0.05) is 19.3 Å². The number of benzene rings is 2. The van der Waals surface area contributed by atoms with Gasteiger partial charge in [0.1, 0.15) is 5.82 Å². The fourth-order valence-corrected chi connectivity index (χ4v) is 3.41. The van der Waals surface area contributed by atoms with Gasteiger partial charge in [0.05, 0.1) is 0 Å². The summed E-state index contributed by atoms with van der Waals surface area (Å²) in [4.78, 5) is 0. The summed E-state index contributed by atoms with van der Waals surface area (Å²) in [5.41, 5.74) is 13.4. The van der Waals surface area contributed by atoms with Crippen LogP contribution in [0.15, 0.2) is 48.6 Å². The lowest BCUT2D eigenvalue weighted by Crippen LogP contribution is -2.05. The van der Waals surface area contributed by atoms with E-state index in [1.54, 1.807) is 6.07 Å². The van der Waals surface area contributed by atoms with Crippen molar-refractivity contribution < 1.29 is 4.39 Å². The van der Waals surface area contributed by atoms with Gasteiger partial charge in [-0.05, 0) is 76.9 Å². The molecule has 1 atom stereocenters. The molecule has 1 unspecified atom stereocenters. The average molecular weight is 336 g/mol. The van der Waals surface area contributed by atoms with Gasteiger partial charge in [0.25, 0.3) is 0 Å². The van der Waals surface area contributed by atoms with Crippen LogP contribution in [0.25, 0.3) is 11.1 Å². The first-order chi connectivity index (χ1) is 12.0. The predicted molar refractivity (Wildman–Crippen MR) is 105 cm³/mol. The highest BCUT2D eigenvalue weighted by Crippen LogP contribution is 2.37. The Morgan fingerprint density at radius 3 is 2.60 bits per heavy atom. The third kappa shape index (κ3) is 3.52. The van der Waals surface area contributed by atoms with E-state index in [-0.39, 0.29) is 5.82 Å². The average Bonchev–Trinajstić information content (AvgIpc) is 2.63. The molecule has 3 rings (SSSR count). The summed E-state index contributed by atoms with van der Waals surface area (Å²) in [5, 5.41) is 3.18. The highest BCUT2D eigenvalue weighted by molar-refractivity contribution is 5.97. The molecule has 2 aromatic rings. The van der Waals surface area contributed by atoms with Crippen LogP contribution in [0.1, 0.15) is 35.6 Å². The van der Waals surface area contributed by atoms with E-state index in [1.165, 1.54) is 11.1 Å². The van der Waals surface area contributed by atoms with Crippen molar-refractivity contribution in [1.82, 2.24) is 0 Å². The lowest BCUT2D eigenvalue weighted by atomic mass is 9.83. The molecule has 3 N–H and O–H groups in total. The molecule has 0 spiro atoms. The number of nitrogens with one attached hydrogen (secondary N) is 1. The Bertz CT molecular complexity index is 849. The number of allylic oxidation sites excluding steroid dienone is 4. The van der Waals surface area contributed by atoms with Gasteiger partial charge in [0.15, 0.2) is 0 Å². The van der Waals surface area contributed by atoms with E-state index in [1.807, 2.05) is 26.1 Å². The summed E-state index contributed by atoms with van der Waals surface area (Å²) in [7, 11) is 1.91. The number of nitrogens with two attached hydrogens (primary N) is 1. The molecule has 0 amide bonds. The fraction of sp³-hybridized carbons (Fsp3) is 0.273. The van der Waals surface area contributed by atoms with Gasteiger partial charge in [-0.25, -0.2) is 4.39 Å². The highest BCUT2D eigenvalue weighted by atomic mass is 19.1. The molecule has 1 aliphatic carbocycles. The molecule has 1 aliphatic rings. The van der Waals surface area contributed by atoms with Crippen molar-refractivity contribution in [2.24, 2.45) is 11.7 Å². The van der Waals surface area contributed by atoms with E-state index in [4.69, 9.17) is 5.73 Å². The van der Waals surface area contributed by atoms with E-state index in [9.17, 15) is 4.39 Å². The van der Waals surface area contributed by atoms with Crippen molar-refractivity contribution in [2.45, 2.75) is 26.8 Å². The summed E-state index contributed by atoms with van der Waals surface area (Å²) in [6.07, 6.45) is 5.38. The maximum atomic E-state index is 13.7. The van der Waals surface area contributed by atoms with Crippen LogP contribution < -0.4 is 11.1 Å². The summed E-state index contributed by atoms with van der Waals surface area (Å²) < 4.78 is 13.7. The number of aryl methyl sites for hydroxylation is 1. The van der Waals surface area contributed by atoms with Crippen LogP contribution in [-0.2, 0) is 6.54 Å². The van der Waals surface area contributed by atoms with Gasteiger partial charge >= 0.3 is 0 Å². The van der Waals surface area contributed by atoms with Crippen LogP contribution in [0.2, 0.25) is 0 Å². The summed E-state index contributed by atoms with van der Waals surface area (Å²) in [6, 6.07) is 11.7. The quantitative estimate of drug-likeness (QED) is 0.811. The van der Waals surface area contributed by atoms with E-state index in [0.29, 0.717) is 18.0 Å². The van der Waals surface area contributed by atoms with Crippen LogP contribution in [0.5, 0.6) is 0 Å². The van der Waals surface area contributed by atoms with Crippen LogP contribution in [-0.4, -0.2) is 7.05 Å². The SMILES string of the molecule is CNc1ccc(C2=C(c3ccc(F)c(C)c3)CC(C)C=C2)cc1CN. The Labute approximate surface area is 149 Å². The Hall–Kier alpha value is -2.39. The Morgan fingerprint density at radius 2 is 1.92 bits per heavy atom. The number of rotatable bonds is 4. The second kappa shape index (κ2) is 7.24. The summed E-state index contributed by atoms with van der Waals surface area (Å²) in [5.74, 6) is 0.309.